The molecule has 1 heterocycles. The molecule has 2 heteroatoms. The monoisotopic (exact) mass is 184 g/mol. The standard InChI is InChI=1S/C11H24N2/c1-4-11(5-2)13(3)9-10-7-6-8-12-10/h10-12H,4-9H2,1-3H3/t10-/m1/s1. The molecule has 0 aromatic heterocycles. The van der Waals surface area contributed by atoms with Crippen molar-refractivity contribution in [2.75, 3.05) is 20.1 Å². The Hall–Kier alpha value is -0.0800. The Morgan fingerprint density at radius 2 is 2.08 bits per heavy atom. The molecule has 0 unspecified atom stereocenters. The van der Waals surface area contributed by atoms with E-state index in [1.54, 1.807) is 0 Å². The van der Waals surface area contributed by atoms with Gasteiger partial charge >= 0.3 is 0 Å². The third-order valence-electron chi connectivity index (χ3n) is 3.24. The molecule has 0 radical (unpaired) electrons. The zero-order valence-electron chi connectivity index (χ0n) is 9.34. The van der Waals surface area contributed by atoms with Crippen molar-refractivity contribution in [3.8, 4) is 0 Å². The van der Waals surface area contributed by atoms with Crippen molar-refractivity contribution in [2.24, 2.45) is 0 Å². The molecule has 78 valence electrons. The van der Waals surface area contributed by atoms with Crippen LogP contribution < -0.4 is 5.32 Å². The molecule has 2 nitrogen and oxygen atoms in total. The highest BCUT2D eigenvalue weighted by molar-refractivity contribution is 4.79. The number of hydrogen-bond acceptors (Lipinski definition) is 2. The van der Waals surface area contributed by atoms with Crippen molar-refractivity contribution in [1.29, 1.82) is 0 Å². The van der Waals surface area contributed by atoms with Crippen molar-refractivity contribution in [3.63, 3.8) is 0 Å². The van der Waals surface area contributed by atoms with Gasteiger partial charge in [0.05, 0.1) is 0 Å². The fourth-order valence-corrected chi connectivity index (χ4v) is 2.32. The Morgan fingerprint density at radius 1 is 1.38 bits per heavy atom. The first-order valence-corrected chi connectivity index (χ1v) is 5.71. The summed E-state index contributed by atoms with van der Waals surface area (Å²) < 4.78 is 0. The minimum absolute atomic E-state index is 0.755. The maximum absolute atomic E-state index is 3.55. The van der Waals surface area contributed by atoms with Crippen molar-refractivity contribution < 1.29 is 0 Å². The first kappa shape index (κ1) is 11.0. The molecule has 0 aromatic carbocycles. The molecule has 0 amide bonds. The van der Waals surface area contributed by atoms with Gasteiger partial charge in [-0.05, 0) is 39.3 Å². The molecule has 1 aliphatic heterocycles. The fourth-order valence-electron chi connectivity index (χ4n) is 2.32. The van der Waals surface area contributed by atoms with Gasteiger partial charge in [0.15, 0.2) is 0 Å². The summed E-state index contributed by atoms with van der Waals surface area (Å²) >= 11 is 0. The van der Waals surface area contributed by atoms with Gasteiger partial charge in [0.25, 0.3) is 0 Å². The van der Waals surface area contributed by atoms with Gasteiger partial charge in [-0.1, -0.05) is 13.8 Å². The molecule has 1 saturated heterocycles. The summed E-state index contributed by atoms with van der Waals surface area (Å²) in [4.78, 5) is 2.52. The molecule has 0 bridgehead atoms. The maximum Gasteiger partial charge on any atom is 0.0195 e. The lowest BCUT2D eigenvalue weighted by Gasteiger charge is -2.28. The third kappa shape index (κ3) is 3.28. The zero-order chi connectivity index (χ0) is 9.68. The van der Waals surface area contributed by atoms with E-state index in [2.05, 4.69) is 31.1 Å². The predicted octanol–water partition coefficient (Wildman–Crippen LogP) is 1.86. The number of rotatable bonds is 5. The second-order valence-corrected chi connectivity index (χ2v) is 4.20. The first-order chi connectivity index (χ1) is 6.27. The van der Waals surface area contributed by atoms with Gasteiger partial charge < -0.3 is 10.2 Å². The highest BCUT2D eigenvalue weighted by atomic mass is 15.2. The number of likely N-dealkylation sites (N-methyl/N-ethyl adjacent to an activating group) is 1. The number of hydrogen-bond donors (Lipinski definition) is 1. The van der Waals surface area contributed by atoms with E-state index < -0.39 is 0 Å². The molecular formula is C11H24N2. The van der Waals surface area contributed by atoms with Crippen molar-refractivity contribution in [1.82, 2.24) is 10.2 Å². The van der Waals surface area contributed by atoms with Crippen LogP contribution in [-0.2, 0) is 0 Å². The highest BCUT2D eigenvalue weighted by Crippen LogP contribution is 2.11. The summed E-state index contributed by atoms with van der Waals surface area (Å²) in [6.45, 7) is 7.02. The van der Waals surface area contributed by atoms with Gasteiger partial charge in [0.2, 0.25) is 0 Å². The molecule has 1 fully saturated rings. The third-order valence-corrected chi connectivity index (χ3v) is 3.24. The quantitative estimate of drug-likeness (QED) is 0.701. The Labute approximate surface area is 82.7 Å². The summed E-state index contributed by atoms with van der Waals surface area (Å²) in [6, 6.07) is 1.54. The molecule has 0 aliphatic carbocycles. The SMILES string of the molecule is CCC(CC)N(C)C[C@H]1CCCN1. The van der Waals surface area contributed by atoms with E-state index in [1.807, 2.05) is 0 Å². The first-order valence-electron chi connectivity index (χ1n) is 5.71. The van der Waals surface area contributed by atoms with Gasteiger partial charge in [-0.3, -0.25) is 0 Å². The lowest BCUT2D eigenvalue weighted by atomic mass is 10.1. The van der Waals surface area contributed by atoms with Crippen LogP contribution in [0.5, 0.6) is 0 Å². The summed E-state index contributed by atoms with van der Waals surface area (Å²) in [5.41, 5.74) is 0. The van der Waals surface area contributed by atoms with Crippen LogP contribution >= 0.6 is 0 Å². The summed E-state index contributed by atoms with van der Waals surface area (Å²) in [7, 11) is 2.26. The molecule has 0 saturated carbocycles. The van der Waals surface area contributed by atoms with E-state index in [0.29, 0.717) is 0 Å². The number of nitrogens with zero attached hydrogens (tertiary/aromatic N) is 1. The van der Waals surface area contributed by atoms with Crippen molar-refractivity contribution >= 4 is 0 Å². The Morgan fingerprint density at radius 3 is 2.54 bits per heavy atom. The lowest BCUT2D eigenvalue weighted by Crippen LogP contribution is -2.40. The molecule has 0 spiro atoms. The Balaban J connectivity index is 2.25. The molecule has 1 aliphatic rings. The minimum Gasteiger partial charge on any atom is -0.313 e. The van der Waals surface area contributed by atoms with Crippen LogP contribution in [0.4, 0.5) is 0 Å². The van der Waals surface area contributed by atoms with Crippen molar-refractivity contribution in [2.45, 2.75) is 51.6 Å². The smallest absolute Gasteiger partial charge is 0.0195 e. The average Bonchev–Trinajstić information content (AvgIpc) is 2.59. The second-order valence-electron chi connectivity index (χ2n) is 4.20. The van der Waals surface area contributed by atoms with E-state index in [4.69, 9.17) is 0 Å². The summed E-state index contributed by atoms with van der Waals surface area (Å²) in [5, 5.41) is 3.55. The van der Waals surface area contributed by atoms with Crippen LogP contribution in [0, 0.1) is 0 Å². The van der Waals surface area contributed by atoms with Crippen LogP contribution in [0.25, 0.3) is 0 Å². The van der Waals surface area contributed by atoms with E-state index in [-0.39, 0.29) is 0 Å². The molecule has 1 N–H and O–H groups in total. The molecule has 13 heavy (non-hydrogen) atoms. The van der Waals surface area contributed by atoms with Crippen molar-refractivity contribution in [3.05, 3.63) is 0 Å². The summed E-state index contributed by atoms with van der Waals surface area (Å²) in [6.07, 6.45) is 5.28. The normalized spacial score (nSPS) is 23.3. The van der Waals surface area contributed by atoms with Crippen LogP contribution in [0.3, 0.4) is 0 Å². The topological polar surface area (TPSA) is 15.3 Å². The van der Waals surface area contributed by atoms with E-state index >= 15 is 0 Å². The molecule has 1 rings (SSSR count). The van der Waals surface area contributed by atoms with Crippen LogP contribution in [0.1, 0.15) is 39.5 Å². The van der Waals surface area contributed by atoms with E-state index in [0.717, 1.165) is 12.1 Å². The van der Waals surface area contributed by atoms with E-state index in [9.17, 15) is 0 Å². The fraction of sp³-hybridized carbons (Fsp3) is 1.00. The largest absolute Gasteiger partial charge is 0.313 e. The van der Waals surface area contributed by atoms with Gasteiger partial charge in [-0.2, -0.15) is 0 Å². The van der Waals surface area contributed by atoms with E-state index in [1.165, 1.54) is 38.8 Å². The highest BCUT2D eigenvalue weighted by Gasteiger charge is 2.18. The van der Waals surface area contributed by atoms with Crippen LogP contribution in [0.15, 0.2) is 0 Å². The minimum atomic E-state index is 0.755. The molecule has 0 aromatic rings. The number of nitrogens with one attached hydrogen (secondary N) is 1. The predicted molar refractivity (Wildman–Crippen MR) is 58.0 cm³/mol. The molecule has 1 atom stereocenters. The maximum atomic E-state index is 3.55. The Bertz CT molecular complexity index is 126. The van der Waals surface area contributed by atoms with Crippen LogP contribution in [-0.4, -0.2) is 37.1 Å². The van der Waals surface area contributed by atoms with Gasteiger partial charge in [-0.25, -0.2) is 0 Å². The molecular weight excluding hydrogens is 160 g/mol. The second kappa shape index (κ2) is 5.61. The zero-order valence-corrected chi connectivity index (χ0v) is 9.34. The van der Waals surface area contributed by atoms with Gasteiger partial charge in [0, 0.05) is 18.6 Å². The van der Waals surface area contributed by atoms with Gasteiger partial charge in [0.1, 0.15) is 0 Å². The average molecular weight is 184 g/mol. The Kier molecular flexibility index (Phi) is 4.74. The van der Waals surface area contributed by atoms with Gasteiger partial charge in [-0.15, -0.1) is 0 Å². The summed E-state index contributed by atoms with van der Waals surface area (Å²) in [5.74, 6) is 0. The van der Waals surface area contributed by atoms with Crippen LogP contribution in [0.2, 0.25) is 0 Å². The lowest BCUT2D eigenvalue weighted by molar-refractivity contribution is 0.211.